The summed E-state index contributed by atoms with van der Waals surface area (Å²) in [6.45, 7) is 8.75. The number of benzene rings is 2. The lowest BCUT2D eigenvalue weighted by Crippen LogP contribution is -2.50. The second-order valence-electron chi connectivity index (χ2n) is 7.93. The molecule has 0 saturated carbocycles. The SMILES string of the molecule is CCc1ccccc1NC(=O)CN1CCN(C(=O)c2ccc(Br)cc2OC(C)C)CC1. The van der Waals surface area contributed by atoms with Gasteiger partial charge in [0.15, 0.2) is 0 Å². The molecule has 0 atom stereocenters. The monoisotopic (exact) mass is 487 g/mol. The van der Waals surface area contributed by atoms with Crippen LogP contribution < -0.4 is 10.1 Å². The Morgan fingerprint density at radius 3 is 2.48 bits per heavy atom. The Morgan fingerprint density at radius 1 is 1.10 bits per heavy atom. The Labute approximate surface area is 192 Å². The number of ether oxygens (including phenoxy) is 1. The summed E-state index contributed by atoms with van der Waals surface area (Å²) in [7, 11) is 0. The van der Waals surface area contributed by atoms with Crippen LogP contribution in [0.25, 0.3) is 0 Å². The fourth-order valence-electron chi connectivity index (χ4n) is 3.65. The third-order valence-corrected chi connectivity index (χ3v) is 5.73. The van der Waals surface area contributed by atoms with Gasteiger partial charge in [0.1, 0.15) is 5.75 Å². The molecule has 0 radical (unpaired) electrons. The lowest BCUT2D eigenvalue weighted by Gasteiger charge is -2.34. The number of carbonyl (C=O) groups is 2. The van der Waals surface area contributed by atoms with Gasteiger partial charge in [0.25, 0.3) is 5.91 Å². The van der Waals surface area contributed by atoms with Gasteiger partial charge in [-0.3, -0.25) is 14.5 Å². The molecule has 1 N–H and O–H groups in total. The van der Waals surface area contributed by atoms with Crippen LogP contribution in [0.2, 0.25) is 0 Å². The summed E-state index contributed by atoms with van der Waals surface area (Å²) >= 11 is 3.45. The zero-order valence-electron chi connectivity index (χ0n) is 18.4. The van der Waals surface area contributed by atoms with Crippen LogP contribution in [-0.4, -0.2) is 60.4 Å². The fraction of sp³-hybridized carbons (Fsp3) is 0.417. The van der Waals surface area contributed by atoms with Crippen LogP contribution in [0.15, 0.2) is 46.9 Å². The standard InChI is InChI=1S/C24H30BrN3O3/c1-4-18-7-5-6-8-21(18)26-23(29)16-27-11-13-28(14-12-27)24(30)20-10-9-19(25)15-22(20)31-17(2)3/h5-10,15,17H,4,11-14,16H2,1-3H3,(H,26,29). The van der Waals surface area contributed by atoms with E-state index in [1.54, 1.807) is 6.07 Å². The van der Waals surface area contributed by atoms with Gasteiger partial charge in [-0.1, -0.05) is 41.1 Å². The molecule has 0 spiro atoms. The highest BCUT2D eigenvalue weighted by Gasteiger charge is 2.25. The first kappa shape index (κ1) is 23.3. The molecule has 1 aliphatic heterocycles. The molecule has 2 aromatic carbocycles. The van der Waals surface area contributed by atoms with Gasteiger partial charge in [0.05, 0.1) is 18.2 Å². The molecule has 0 unspecified atom stereocenters. The average Bonchev–Trinajstić information content (AvgIpc) is 2.74. The molecule has 0 aromatic heterocycles. The molecule has 3 rings (SSSR count). The number of piperazine rings is 1. The minimum Gasteiger partial charge on any atom is -0.490 e. The molecule has 31 heavy (non-hydrogen) atoms. The Kier molecular flexibility index (Phi) is 8.09. The minimum atomic E-state index is -0.0378. The van der Waals surface area contributed by atoms with Crippen LogP contribution in [0.5, 0.6) is 5.75 Å². The molecule has 1 saturated heterocycles. The summed E-state index contributed by atoms with van der Waals surface area (Å²) in [6, 6.07) is 13.4. The third kappa shape index (κ3) is 6.31. The first-order chi connectivity index (χ1) is 14.9. The molecule has 0 bridgehead atoms. The van der Waals surface area contributed by atoms with Gasteiger partial charge in [-0.15, -0.1) is 0 Å². The maximum Gasteiger partial charge on any atom is 0.257 e. The van der Waals surface area contributed by atoms with Gasteiger partial charge in [0.2, 0.25) is 5.91 Å². The highest BCUT2D eigenvalue weighted by atomic mass is 79.9. The van der Waals surface area contributed by atoms with Gasteiger partial charge in [0, 0.05) is 36.3 Å². The zero-order chi connectivity index (χ0) is 22.4. The van der Waals surface area contributed by atoms with Gasteiger partial charge in [-0.2, -0.15) is 0 Å². The van der Waals surface area contributed by atoms with Crippen LogP contribution in [0.3, 0.4) is 0 Å². The van der Waals surface area contributed by atoms with Crippen molar-refractivity contribution in [2.45, 2.75) is 33.3 Å². The normalized spacial score (nSPS) is 14.5. The quantitative estimate of drug-likeness (QED) is 0.635. The van der Waals surface area contributed by atoms with E-state index in [0.717, 1.165) is 22.1 Å². The Hall–Kier alpha value is -2.38. The van der Waals surface area contributed by atoms with Crippen molar-refractivity contribution in [3.8, 4) is 5.75 Å². The topological polar surface area (TPSA) is 61.9 Å². The van der Waals surface area contributed by atoms with E-state index in [1.165, 1.54) is 0 Å². The second kappa shape index (κ2) is 10.8. The smallest absolute Gasteiger partial charge is 0.257 e. The summed E-state index contributed by atoms with van der Waals surface area (Å²) < 4.78 is 6.72. The van der Waals surface area contributed by atoms with E-state index in [0.29, 0.717) is 44.0 Å². The van der Waals surface area contributed by atoms with Crippen molar-refractivity contribution in [1.29, 1.82) is 0 Å². The van der Waals surface area contributed by atoms with Crippen molar-refractivity contribution >= 4 is 33.4 Å². The fourth-order valence-corrected chi connectivity index (χ4v) is 3.99. The van der Waals surface area contributed by atoms with Crippen molar-refractivity contribution in [3.63, 3.8) is 0 Å². The number of halogens is 1. The van der Waals surface area contributed by atoms with E-state index in [4.69, 9.17) is 4.74 Å². The van der Waals surface area contributed by atoms with Crippen LogP contribution in [0, 0.1) is 0 Å². The number of anilines is 1. The molecule has 166 valence electrons. The predicted octanol–water partition coefficient (Wildman–Crippen LogP) is 4.20. The number of nitrogens with zero attached hydrogens (tertiary/aromatic N) is 2. The lowest BCUT2D eigenvalue weighted by atomic mass is 10.1. The summed E-state index contributed by atoms with van der Waals surface area (Å²) in [6.07, 6.45) is 0.851. The van der Waals surface area contributed by atoms with Crippen LogP contribution in [0.4, 0.5) is 5.69 Å². The van der Waals surface area contributed by atoms with E-state index in [9.17, 15) is 9.59 Å². The maximum atomic E-state index is 13.1. The Balaban J connectivity index is 1.56. The van der Waals surface area contributed by atoms with Crippen molar-refractivity contribution in [2.75, 3.05) is 38.0 Å². The Bertz CT molecular complexity index is 924. The molecular weight excluding hydrogens is 458 g/mol. The van der Waals surface area contributed by atoms with Crippen LogP contribution in [0.1, 0.15) is 36.7 Å². The van der Waals surface area contributed by atoms with E-state index >= 15 is 0 Å². The van der Waals surface area contributed by atoms with Crippen LogP contribution in [-0.2, 0) is 11.2 Å². The van der Waals surface area contributed by atoms with Crippen molar-refractivity contribution < 1.29 is 14.3 Å². The number of hydrogen-bond acceptors (Lipinski definition) is 4. The number of nitrogens with one attached hydrogen (secondary N) is 1. The van der Waals surface area contributed by atoms with Crippen molar-refractivity contribution in [3.05, 3.63) is 58.1 Å². The lowest BCUT2D eigenvalue weighted by molar-refractivity contribution is -0.117. The molecule has 1 aliphatic rings. The van der Waals surface area contributed by atoms with Crippen LogP contribution >= 0.6 is 15.9 Å². The molecule has 1 fully saturated rings. The highest BCUT2D eigenvalue weighted by molar-refractivity contribution is 9.10. The number of para-hydroxylation sites is 1. The Morgan fingerprint density at radius 2 is 1.81 bits per heavy atom. The third-order valence-electron chi connectivity index (χ3n) is 5.24. The van der Waals surface area contributed by atoms with E-state index in [1.807, 2.05) is 55.1 Å². The first-order valence-electron chi connectivity index (χ1n) is 10.7. The van der Waals surface area contributed by atoms with E-state index in [-0.39, 0.29) is 17.9 Å². The van der Waals surface area contributed by atoms with Gasteiger partial charge in [-0.05, 0) is 50.1 Å². The largest absolute Gasteiger partial charge is 0.490 e. The molecule has 1 heterocycles. The van der Waals surface area contributed by atoms with Gasteiger partial charge in [-0.25, -0.2) is 0 Å². The maximum absolute atomic E-state index is 13.1. The molecule has 6 nitrogen and oxygen atoms in total. The molecule has 7 heteroatoms. The number of rotatable bonds is 7. The molecule has 2 amide bonds. The summed E-state index contributed by atoms with van der Waals surface area (Å²) in [4.78, 5) is 29.5. The number of aryl methyl sites for hydroxylation is 1. The van der Waals surface area contributed by atoms with Crippen molar-refractivity contribution in [1.82, 2.24) is 9.80 Å². The summed E-state index contributed by atoms with van der Waals surface area (Å²) in [5.74, 6) is 0.524. The zero-order valence-corrected chi connectivity index (χ0v) is 19.9. The summed E-state index contributed by atoms with van der Waals surface area (Å²) in [5.41, 5.74) is 2.57. The summed E-state index contributed by atoms with van der Waals surface area (Å²) in [5, 5.41) is 3.02. The molecular formula is C24H30BrN3O3. The van der Waals surface area contributed by atoms with Gasteiger partial charge < -0.3 is 15.0 Å². The minimum absolute atomic E-state index is 0.0194. The number of hydrogen-bond donors (Lipinski definition) is 1. The number of amides is 2. The highest BCUT2D eigenvalue weighted by Crippen LogP contribution is 2.26. The average molecular weight is 488 g/mol. The predicted molar refractivity (Wildman–Crippen MR) is 127 cm³/mol. The molecule has 2 aromatic rings. The van der Waals surface area contributed by atoms with Crippen molar-refractivity contribution in [2.24, 2.45) is 0 Å². The van der Waals surface area contributed by atoms with E-state index in [2.05, 4.69) is 33.1 Å². The molecule has 0 aliphatic carbocycles. The van der Waals surface area contributed by atoms with E-state index < -0.39 is 0 Å². The van der Waals surface area contributed by atoms with Gasteiger partial charge >= 0.3 is 0 Å². The number of carbonyl (C=O) groups excluding carboxylic acids is 2. The first-order valence-corrected chi connectivity index (χ1v) is 11.5. The second-order valence-corrected chi connectivity index (χ2v) is 8.85.